The van der Waals surface area contributed by atoms with E-state index in [1.165, 1.54) is 0 Å². The minimum atomic E-state index is -0.678. The minimum Gasteiger partial charge on any atom is -0.494 e. The molecule has 5 nitrogen and oxygen atoms in total. The molecule has 0 fully saturated rings. The van der Waals surface area contributed by atoms with Gasteiger partial charge in [0.25, 0.3) is 0 Å². The lowest BCUT2D eigenvalue weighted by Gasteiger charge is -2.25. The summed E-state index contributed by atoms with van der Waals surface area (Å²) in [6, 6.07) is 7.49. The Hall–Kier alpha value is -1.75. The van der Waals surface area contributed by atoms with Crippen LogP contribution < -0.4 is 20.5 Å². The fraction of sp³-hybridized carbons (Fsp3) is 0.533. The van der Waals surface area contributed by atoms with Gasteiger partial charge in [0.05, 0.1) is 18.8 Å². The molecule has 1 atom stereocenters. The highest BCUT2D eigenvalue weighted by atomic mass is 16.5. The number of carbonyl (C=O) groups excluding carboxylic acids is 1. The second-order valence-corrected chi connectivity index (χ2v) is 4.80. The van der Waals surface area contributed by atoms with Gasteiger partial charge in [0.2, 0.25) is 5.91 Å². The van der Waals surface area contributed by atoms with Gasteiger partial charge in [-0.25, -0.2) is 0 Å². The summed E-state index contributed by atoms with van der Waals surface area (Å²) in [6.45, 7) is 4.93. The van der Waals surface area contributed by atoms with E-state index in [1.807, 2.05) is 31.2 Å². The fourth-order valence-corrected chi connectivity index (χ4v) is 1.79. The number of nitrogens with two attached hydrogens (primary N) is 1. The maximum absolute atomic E-state index is 11.3. The van der Waals surface area contributed by atoms with Crippen LogP contribution in [0.5, 0.6) is 11.5 Å². The van der Waals surface area contributed by atoms with Crippen LogP contribution in [0.25, 0.3) is 0 Å². The SMILES string of the molecule is CCOc1ccc(OCCCC(C)(NC)C(N)=O)cc1. The second kappa shape index (κ2) is 7.75. The number of benzene rings is 1. The zero-order valence-electron chi connectivity index (χ0n) is 12.4. The van der Waals surface area contributed by atoms with E-state index in [0.29, 0.717) is 19.6 Å². The molecule has 0 heterocycles. The molecule has 1 unspecified atom stereocenters. The Morgan fingerprint density at radius 3 is 2.25 bits per heavy atom. The van der Waals surface area contributed by atoms with Gasteiger partial charge in [0, 0.05) is 0 Å². The van der Waals surface area contributed by atoms with Crippen LogP contribution in [-0.4, -0.2) is 31.7 Å². The van der Waals surface area contributed by atoms with Crippen LogP contribution in [-0.2, 0) is 4.79 Å². The largest absolute Gasteiger partial charge is 0.494 e. The van der Waals surface area contributed by atoms with E-state index in [2.05, 4.69) is 5.32 Å². The van der Waals surface area contributed by atoms with Gasteiger partial charge < -0.3 is 20.5 Å². The molecule has 3 N–H and O–H groups in total. The molecule has 1 aromatic rings. The first-order valence-corrected chi connectivity index (χ1v) is 6.86. The Morgan fingerprint density at radius 1 is 1.25 bits per heavy atom. The Kier molecular flexibility index (Phi) is 6.31. The number of hydrogen-bond donors (Lipinski definition) is 2. The molecule has 20 heavy (non-hydrogen) atoms. The van der Waals surface area contributed by atoms with Gasteiger partial charge in [0.15, 0.2) is 0 Å². The van der Waals surface area contributed by atoms with Crippen molar-refractivity contribution >= 4 is 5.91 Å². The lowest BCUT2D eigenvalue weighted by Crippen LogP contribution is -2.51. The third-order valence-electron chi connectivity index (χ3n) is 3.32. The summed E-state index contributed by atoms with van der Waals surface area (Å²) in [7, 11) is 1.73. The third-order valence-corrected chi connectivity index (χ3v) is 3.32. The lowest BCUT2D eigenvalue weighted by atomic mass is 9.95. The predicted molar refractivity (Wildman–Crippen MR) is 79.0 cm³/mol. The molecule has 112 valence electrons. The Morgan fingerprint density at radius 2 is 1.80 bits per heavy atom. The fourth-order valence-electron chi connectivity index (χ4n) is 1.79. The van der Waals surface area contributed by atoms with Gasteiger partial charge in [-0.1, -0.05) is 0 Å². The van der Waals surface area contributed by atoms with Crippen molar-refractivity contribution in [1.82, 2.24) is 5.32 Å². The molecule has 0 aliphatic rings. The van der Waals surface area contributed by atoms with Gasteiger partial charge in [-0.15, -0.1) is 0 Å². The number of nitrogens with one attached hydrogen (secondary N) is 1. The monoisotopic (exact) mass is 280 g/mol. The van der Waals surface area contributed by atoms with Crippen molar-refractivity contribution in [3.63, 3.8) is 0 Å². The summed E-state index contributed by atoms with van der Waals surface area (Å²) >= 11 is 0. The van der Waals surface area contributed by atoms with Crippen LogP contribution in [0.15, 0.2) is 24.3 Å². The smallest absolute Gasteiger partial charge is 0.237 e. The van der Waals surface area contributed by atoms with E-state index in [9.17, 15) is 4.79 Å². The van der Waals surface area contributed by atoms with Crippen molar-refractivity contribution < 1.29 is 14.3 Å². The summed E-state index contributed by atoms with van der Waals surface area (Å²) in [5.41, 5.74) is 4.69. The maximum Gasteiger partial charge on any atom is 0.237 e. The molecule has 0 aliphatic heterocycles. The Labute approximate surface area is 120 Å². The van der Waals surface area contributed by atoms with Gasteiger partial charge >= 0.3 is 0 Å². The highest BCUT2D eigenvalue weighted by Crippen LogP contribution is 2.18. The molecular formula is C15H24N2O3. The van der Waals surface area contributed by atoms with Gasteiger partial charge in [-0.2, -0.15) is 0 Å². The van der Waals surface area contributed by atoms with E-state index in [-0.39, 0.29) is 5.91 Å². The maximum atomic E-state index is 11.3. The quantitative estimate of drug-likeness (QED) is 0.675. The van der Waals surface area contributed by atoms with Crippen LogP contribution in [0.4, 0.5) is 0 Å². The van der Waals surface area contributed by atoms with Crippen LogP contribution in [0, 0.1) is 0 Å². The summed E-state index contributed by atoms with van der Waals surface area (Å²) < 4.78 is 11.0. The molecule has 0 aliphatic carbocycles. The molecular weight excluding hydrogens is 256 g/mol. The van der Waals surface area contributed by atoms with Crippen molar-refractivity contribution in [2.24, 2.45) is 5.73 Å². The van der Waals surface area contributed by atoms with Crippen LogP contribution >= 0.6 is 0 Å². The normalized spacial score (nSPS) is 13.6. The number of ether oxygens (including phenoxy) is 2. The van der Waals surface area contributed by atoms with Crippen molar-refractivity contribution in [2.45, 2.75) is 32.2 Å². The van der Waals surface area contributed by atoms with E-state index in [4.69, 9.17) is 15.2 Å². The van der Waals surface area contributed by atoms with Crippen LogP contribution in [0.3, 0.4) is 0 Å². The third kappa shape index (κ3) is 4.74. The van der Waals surface area contributed by atoms with Crippen LogP contribution in [0.2, 0.25) is 0 Å². The zero-order chi connectivity index (χ0) is 15.0. The average Bonchev–Trinajstić information content (AvgIpc) is 2.45. The number of carbonyl (C=O) groups is 1. The van der Waals surface area contributed by atoms with Gasteiger partial charge in [-0.05, 0) is 58.0 Å². The molecule has 1 rings (SSSR count). The summed E-state index contributed by atoms with van der Waals surface area (Å²) in [4.78, 5) is 11.3. The highest BCUT2D eigenvalue weighted by Gasteiger charge is 2.27. The standard InChI is InChI=1S/C15H24N2O3/c1-4-19-12-6-8-13(9-7-12)20-11-5-10-15(2,17-3)14(16)18/h6-9,17H,4-5,10-11H2,1-3H3,(H2,16,18). The number of likely N-dealkylation sites (N-methyl/N-ethyl adjacent to an activating group) is 1. The molecule has 1 amide bonds. The van der Waals surface area contributed by atoms with Crippen molar-refractivity contribution in [3.05, 3.63) is 24.3 Å². The molecule has 0 bridgehead atoms. The van der Waals surface area contributed by atoms with Gasteiger partial charge in [0.1, 0.15) is 11.5 Å². The topological polar surface area (TPSA) is 73.6 Å². The molecule has 0 saturated heterocycles. The summed E-state index contributed by atoms with van der Waals surface area (Å²) in [5.74, 6) is 1.27. The predicted octanol–water partition coefficient (Wildman–Crippen LogP) is 1.71. The Balaban J connectivity index is 2.35. The van der Waals surface area contributed by atoms with Gasteiger partial charge in [-0.3, -0.25) is 4.79 Å². The van der Waals surface area contributed by atoms with Crippen molar-refractivity contribution in [1.29, 1.82) is 0 Å². The second-order valence-electron chi connectivity index (χ2n) is 4.80. The highest BCUT2D eigenvalue weighted by molar-refractivity contribution is 5.84. The van der Waals surface area contributed by atoms with E-state index >= 15 is 0 Å². The number of rotatable bonds is 9. The average molecular weight is 280 g/mol. The van der Waals surface area contributed by atoms with Crippen LogP contribution in [0.1, 0.15) is 26.7 Å². The van der Waals surface area contributed by atoms with Crippen molar-refractivity contribution in [2.75, 3.05) is 20.3 Å². The van der Waals surface area contributed by atoms with E-state index in [0.717, 1.165) is 17.9 Å². The van der Waals surface area contributed by atoms with E-state index in [1.54, 1.807) is 14.0 Å². The lowest BCUT2D eigenvalue weighted by molar-refractivity contribution is -0.123. The molecule has 0 radical (unpaired) electrons. The number of hydrogen-bond acceptors (Lipinski definition) is 4. The first kappa shape index (κ1) is 16.3. The molecule has 0 aromatic heterocycles. The zero-order valence-corrected chi connectivity index (χ0v) is 12.4. The summed E-state index contributed by atoms with van der Waals surface area (Å²) in [5, 5.41) is 2.95. The minimum absolute atomic E-state index is 0.346. The molecule has 5 heteroatoms. The summed E-state index contributed by atoms with van der Waals surface area (Å²) in [6.07, 6.45) is 1.38. The van der Waals surface area contributed by atoms with Crippen molar-refractivity contribution in [3.8, 4) is 11.5 Å². The molecule has 0 saturated carbocycles. The first-order chi connectivity index (χ1) is 9.51. The Bertz CT molecular complexity index is 420. The molecule has 1 aromatic carbocycles. The number of primary amides is 1. The molecule has 0 spiro atoms. The first-order valence-electron chi connectivity index (χ1n) is 6.86. The number of amides is 1. The van der Waals surface area contributed by atoms with E-state index < -0.39 is 5.54 Å².